The molecule has 1 aromatic rings. The maximum absolute atomic E-state index is 8.99. The van der Waals surface area contributed by atoms with Crippen LogP contribution in [0.5, 0.6) is 0 Å². The number of aliphatic hydroxyl groups is 1. The molecule has 1 atom stereocenters. The monoisotopic (exact) mass is 238 g/mol. The average Bonchev–Trinajstić information content (AvgIpc) is 2.37. The summed E-state index contributed by atoms with van der Waals surface area (Å²) in [4.78, 5) is 8.48. The normalized spacial score (nSPS) is 12.2. The van der Waals surface area contributed by atoms with E-state index in [2.05, 4.69) is 34.4 Å². The smallest absolute Gasteiger partial charge is 0.134 e. The van der Waals surface area contributed by atoms with Gasteiger partial charge in [-0.25, -0.2) is 9.97 Å². The van der Waals surface area contributed by atoms with Crippen molar-refractivity contribution in [1.82, 2.24) is 9.97 Å². The van der Waals surface area contributed by atoms with Gasteiger partial charge in [0.15, 0.2) is 0 Å². The molecule has 5 nitrogen and oxygen atoms in total. The van der Waals surface area contributed by atoms with Crippen molar-refractivity contribution >= 4 is 11.6 Å². The van der Waals surface area contributed by atoms with Crippen molar-refractivity contribution in [1.29, 1.82) is 0 Å². The molecule has 3 N–H and O–H groups in total. The summed E-state index contributed by atoms with van der Waals surface area (Å²) in [6, 6.07) is 0.255. The number of aromatic nitrogens is 2. The molecule has 1 rings (SSSR count). The summed E-state index contributed by atoms with van der Waals surface area (Å²) < 4.78 is 0. The molecule has 0 radical (unpaired) electrons. The summed E-state index contributed by atoms with van der Waals surface area (Å²) in [6.07, 6.45) is 4.12. The molecule has 1 aromatic heterocycles. The molecule has 1 heterocycles. The van der Waals surface area contributed by atoms with Crippen LogP contribution in [0.2, 0.25) is 0 Å². The highest BCUT2D eigenvalue weighted by molar-refractivity contribution is 5.57. The summed E-state index contributed by atoms with van der Waals surface area (Å²) in [7, 11) is 1.86. The van der Waals surface area contributed by atoms with Gasteiger partial charge in [0.1, 0.15) is 18.0 Å². The predicted molar refractivity (Wildman–Crippen MR) is 70.4 cm³/mol. The molecule has 0 saturated carbocycles. The average molecular weight is 238 g/mol. The summed E-state index contributed by atoms with van der Waals surface area (Å²) in [5.74, 6) is 1.73. The molecule has 0 bridgehead atoms. The number of aliphatic hydroxyl groups excluding tert-OH is 1. The van der Waals surface area contributed by atoms with Crippen LogP contribution >= 0.6 is 0 Å². The van der Waals surface area contributed by atoms with E-state index in [4.69, 9.17) is 5.11 Å². The first kappa shape index (κ1) is 13.7. The summed E-state index contributed by atoms with van der Waals surface area (Å²) in [5, 5.41) is 15.4. The Morgan fingerprint density at radius 2 is 2.00 bits per heavy atom. The van der Waals surface area contributed by atoms with Gasteiger partial charge in [0.05, 0.1) is 0 Å². The summed E-state index contributed by atoms with van der Waals surface area (Å²) in [5.41, 5.74) is 1.09. The van der Waals surface area contributed by atoms with Crippen LogP contribution in [-0.4, -0.2) is 34.8 Å². The zero-order valence-corrected chi connectivity index (χ0v) is 10.8. The third kappa shape index (κ3) is 3.56. The molecular weight excluding hydrogens is 216 g/mol. The topological polar surface area (TPSA) is 70.1 Å². The minimum Gasteiger partial charge on any atom is -0.396 e. The molecule has 0 amide bonds. The molecule has 0 aliphatic heterocycles. The first-order valence-electron chi connectivity index (χ1n) is 6.15. The van der Waals surface area contributed by atoms with E-state index in [-0.39, 0.29) is 12.6 Å². The van der Waals surface area contributed by atoms with Crippen LogP contribution < -0.4 is 10.6 Å². The maximum atomic E-state index is 8.99. The van der Waals surface area contributed by atoms with Crippen LogP contribution in [-0.2, 0) is 6.42 Å². The number of anilines is 2. The molecule has 0 aliphatic rings. The maximum Gasteiger partial charge on any atom is 0.134 e. The van der Waals surface area contributed by atoms with Crippen LogP contribution in [0.25, 0.3) is 0 Å². The van der Waals surface area contributed by atoms with E-state index in [0.717, 1.165) is 36.5 Å². The number of nitrogens with one attached hydrogen (secondary N) is 2. The van der Waals surface area contributed by atoms with Gasteiger partial charge in [0, 0.05) is 25.3 Å². The van der Waals surface area contributed by atoms with Crippen molar-refractivity contribution in [2.24, 2.45) is 0 Å². The van der Waals surface area contributed by atoms with E-state index < -0.39 is 0 Å². The molecule has 0 spiro atoms. The molecule has 5 heteroatoms. The minimum atomic E-state index is 0.191. The van der Waals surface area contributed by atoms with E-state index >= 15 is 0 Å². The Morgan fingerprint density at radius 3 is 2.53 bits per heavy atom. The van der Waals surface area contributed by atoms with Crippen LogP contribution in [0.3, 0.4) is 0 Å². The SMILES string of the molecule is CCc1c(NC)ncnc1NC(CC)CCO. The van der Waals surface area contributed by atoms with Gasteiger partial charge in [0.2, 0.25) is 0 Å². The van der Waals surface area contributed by atoms with Crippen molar-refractivity contribution in [3.63, 3.8) is 0 Å². The third-order valence-corrected chi connectivity index (χ3v) is 2.85. The number of nitrogens with zero attached hydrogens (tertiary/aromatic N) is 2. The van der Waals surface area contributed by atoms with E-state index in [1.54, 1.807) is 6.33 Å². The first-order chi connectivity index (χ1) is 8.26. The fraction of sp³-hybridized carbons (Fsp3) is 0.667. The van der Waals surface area contributed by atoms with Crippen LogP contribution in [0.1, 0.15) is 32.3 Å². The fourth-order valence-electron chi connectivity index (χ4n) is 1.81. The van der Waals surface area contributed by atoms with Gasteiger partial charge in [-0.1, -0.05) is 13.8 Å². The lowest BCUT2D eigenvalue weighted by atomic mass is 10.1. The lowest BCUT2D eigenvalue weighted by Crippen LogP contribution is -2.22. The Labute approximate surface area is 103 Å². The van der Waals surface area contributed by atoms with Crippen LogP contribution in [0.15, 0.2) is 6.33 Å². The second-order valence-electron chi connectivity index (χ2n) is 3.91. The van der Waals surface area contributed by atoms with Gasteiger partial charge in [-0.05, 0) is 19.3 Å². The molecule has 0 saturated heterocycles. The molecule has 1 unspecified atom stereocenters. The standard InChI is InChI=1S/C12H22N4O/c1-4-9(6-7-17)16-12-10(5-2)11(13-3)14-8-15-12/h8-9,17H,4-7H2,1-3H3,(H2,13,14,15,16). The zero-order valence-electron chi connectivity index (χ0n) is 10.8. The van der Waals surface area contributed by atoms with Gasteiger partial charge in [-0.3, -0.25) is 0 Å². The first-order valence-corrected chi connectivity index (χ1v) is 6.15. The number of hydrogen-bond donors (Lipinski definition) is 3. The Balaban J connectivity index is 2.88. The van der Waals surface area contributed by atoms with Gasteiger partial charge in [0.25, 0.3) is 0 Å². The third-order valence-electron chi connectivity index (χ3n) is 2.85. The molecule has 0 aliphatic carbocycles. The predicted octanol–water partition coefficient (Wildman–Crippen LogP) is 1.65. The van der Waals surface area contributed by atoms with Crippen LogP contribution in [0, 0.1) is 0 Å². The van der Waals surface area contributed by atoms with Gasteiger partial charge in [-0.15, -0.1) is 0 Å². The molecule has 0 fully saturated rings. The lowest BCUT2D eigenvalue weighted by Gasteiger charge is -2.19. The molecule has 96 valence electrons. The lowest BCUT2D eigenvalue weighted by molar-refractivity contribution is 0.278. The second-order valence-corrected chi connectivity index (χ2v) is 3.91. The highest BCUT2D eigenvalue weighted by atomic mass is 16.3. The summed E-state index contributed by atoms with van der Waals surface area (Å²) >= 11 is 0. The van der Waals surface area contributed by atoms with Crippen molar-refractivity contribution < 1.29 is 5.11 Å². The largest absolute Gasteiger partial charge is 0.396 e. The zero-order chi connectivity index (χ0) is 12.7. The quantitative estimate of drug-likeness (QED) is 0.674. The van der Waals surface area contributed by atoms with Gasteiger partial charge >= 0.3 is 0 Å². The van der Waals surface area contributed by atoms with Crippen molar-refractivity contribution in [2.75, 3.05) is 24.3 Å². The van der Waals surface area contributed by atoms with Gasteiger partial charge < -0.3 is 15.7 Å². The molecular formula is C12H22N4O. The van der Waals surface area contributed by atoms with Crippen LogP contribution in [0.4, 0.5) is 11.6 Å². The van der Waals surface area contributed by atoms with Gasteiger partial charge in [-0.2, -0.15) is 0 Å². The van der Waals surface area contributed by atoms with E-state index in [9.17, 15) is 0 Å². The summed E-state index contributed by atoms with van der Waals surface area (Å²) in [6.45, 7) is 4.37. The Kier molecular flexibility index (Phi) is 5.69. The Hall–Kier alpha value is -1.36. The van der Waals surface area contributed by atoms with Crippen molar-refractivity contribution in [2.45, 2.75) is 39.2 Å². The van der Waals surface area contributed by atoms with Crippen molar-refractivity contribution in [3.05, 3.63) is 11.9 Å². The number of hydrogen-bond acceptors (Lipinski definition) is 5. The minimum absolute atomic E-state index is 0.191. The number of rotatable bonds is 7. The molecule has 17 heavy (non-hydrogen) atoms. The Morgan fingerprint density at radius 1 is 1.29 bits per heavy atom. The van der Waals surface area contributed by atoms with E-state index in [1.807, 2.05) is 7.05 Å². The second kappa shape index (κ2) is 7.06. The Bertz CT molecular complexity index is 343. The fourth-order valence-corrected chi connectivity index (χ4v) is 1.81. The highest BCUT2D eigenvalue weighted by Gasteiger charge is 2.12. The molecule has 0 aromatic carbocycles. The van der Waals surface area contributed by atoms with E-state index in [0.29, 0.717) is 0 Å². The highest BCUT2D eigenvalue weighted by Crippen LogP contribution is 2.21. The van der Waals surface area contributed by atoms with Crippen molar-refractivity contribution in [3.8, 4) is 0 Å². The van der Waals surface area contributed by atoms with E-state index in [1.165, 1.54) is 0 Å².